The highest BCUT2D eigenvalue weighted by Crippen LogP contribution is 2.30. The van der Waals surface area contributed by atoms with Crippen LogP contribution >= 0.6 is 24.0 Å². The Morgan fingerprint density at radius 3 is 2.42 bits per heavy atom. The third-order valence-electron chi connectivity index (χ3n) is 3.11. The van der Waals surface area contributed by atoms with Gasteiger partial charge in [0.15, 0.2) is 17.5 Å². The zero-order valence-corrected chi connectivity index (χ0v) is 19.2. The van der Waals surface area contributed by atoms with E-state index in [0.717, 1.165) is 11.9 Å². The number of aliphatic imine (C=N–C) groups is 1. The summed E-state index contributed by atoms with van der Waals surface area (Å²) in [5.41, 5.74) is 0.101. The van der Waals surface area contributed by atoms with Gasteiger partial charge in [0.05, 0.1) is 20.0 Å². The molecule has 8 nitrogen and oxygen atoms in total. The fraction of sp³-hybridized carbons (Fsp3) is 0.562. The number of hydrogen-bond donors (Lipinski definition) is 3. The minimum atomic E-state index is -3.30. The Hall–Kier alpha value is -1.27. The van der Waals surface area contributed by atoms with E-state index in [-0.39, 0.29) is 24.0 Å². The molecule has 1 aromatic carbocycles. The summed E-state index contributed by atoms with van der Waals surface area (Å²) >= 11 is 0. The maximum Gasteiger partial charge on any atom is 0.209 e. The molecule has 150 valence electrons. The van der Waals surface area contributed by atoms with E-state index in [9.17, 15) is 8.42 Å². The molecule has 0 fully saturated rings. The van der Waals surface area contributed by atoms with Crippen LogP contribution in [0.5, 0.6) is 11.5 Å². The molecular weight excluding hydrogens is 471 g/mol. The summed E-state index contributed by atoms with van der Waals surface area (Å²) in [4.78, 5) is 4.14. The van der Waals surface area contributed by atoms with Gasteiger partial charge in [-0.1, -0.05) is 0 Å². The molecule has 0 aromatic heterocycles. The van der Waals surface area contributed by atoms with Crippen LogP contribution in [-0.4, -0.2) is 53.5 Å². The van der Waals surface area contributed by atoms with Gasteiger partial charge in [-0.15, -0.1) is 24.0 Å². The van der Waals surface area contributed by atoms with E-state index < -0.39 is 15.6 Å². The zero-order valence-electron chi connectivity index (χ0n) is 16.0. The second-order valence-electron chi connectivity index (χ2n) is 6.11. The normalized spacial score (nSPS) is 12.2. The van der Waals surface area contributed by atoms with Crippen LogP contribution in [0.4, 0.5) is 5.69 Å². The molecule has 0 bridgehead atoms. The molecule has 0 spiro atoms. The molecule has 0 unspecified atom stereocenters. The number of methoxy groups -OCH3 is 1. The van der Waals surface area contributed by atoms with Gasteiger partial charge in [-0.3, -0.25) is 4.99 Å². The molecule has 0 heterocycles. The Morgan fingerprint density at radius 2 is 1.92 bits per heavy atom. The van der Waals surface area contributed by atoms with Crippen molar-refractivity contribution in [2.75, 3.05) is 38.9 Å². The van der Waals surface area contributed by atoms with Crippen LogP contribution in [0.1, 0.15) is 20.8 Å². The van der Waals surface area contributed by atoms with E-state index in [1.54, 1.807) is 34.1 Å². The van der Waals surface area contributed by atoms with Crippen molar-refractivity contribution in [3.63, 3.8) is 0 Å². The number of sulfonamides is 1. The SMILES string of the molecule is CCOc1ccc(NC(=NC)NCC(C)(C)NS(C)(=O)=O)cc1OC.I. The number of rotatable bonds is 8. The van der Waals surface area contributed by atoms with Gasteiger partial charge < -0.3 is 20.1 Å². The highest BCUT2D eigenvalue weighted by molar-refractivity contribution is 14.0. The molecule has 1 rings (SSSR count). The van der Waals surface area contributed by atoms with Crippen molar-refractivity contribution in [3.05, 3.63) is 18.2 Å². The Labute approximate surface area is 173 Å². The van der Waals surface area contributed by atoms with E-state index >= 15 is 0 Å². The van der Waals surface area contributed by atoms with E-state index in [1.807, 2.05) is 19.1 Å². The molecule has 0 aliphatic carbocycles. The summed E-state index contributed by atoms with van der Waals surface area (Å²) in [6, 6.07) is 5.46. The maximum absolute atomic E-state index is 11.4. The van der Waals surface area contributed by atoms with Gasteiger partial charge in [-0.05, 0) is 32.9 Å². The van der Waals surface area contributed by atoms with Gasteiger partial charge in [0.2, 0.25) is 10.0 Å². The Kier molecular flexibility index (Phi) is 10.2. The maximum atomic E-state index is 11.4. The highest BCUT2D eigenvalue weighted by Gasteiger charge is 2.22. The number of anilines is 1. The van der Waals surface area contributed by atoms with Crippen LogP contribution in [0.3, 0.4) is 0 Å². The van der Waals surface area contributed by atoms with Crippen molar-refractivity contribution in [2.24, 2.45) is 4.99 Å². The largest absolute Gasteiger partial charge is 0.493 e. The fourth-order valence-electron chi connectivity index (χ4n) is 2.18. The second kappa shape index (κ2) is 10.8. The minimum Gasteiger partial charge on any atom is -0.493 e. The smallest absolute Gasteiger partial charge is 0.209 e. The van der Waals surface area contributed by atoms with Gasteiger partial charge in [0, 0.05) is 30.9 Å². The quantitative estimate of drug-likeness (QED) is 0.287. The second-order valence-corrected chi connectivity index (χ2v) is 7.86. The fourth-order valence-corrected chi connectivity index (χ4v) is 3.25. The number of halogens is 1. The first-order chi connectivity index (χ1) is 11.6. The van der Waals surface area contributed by atoms with Crippen LogP contribution < -0.4 is 24.8 Å². The average molecular weight is 500 g/mol. The Bertz CT molecular complexity index is 708. The summed E-state index contributed by atoms with van der Waals surface area (Å²) in [5.74, 6) is 1.79. The standard InChI is InChI=1S/C16H28N4O4S.HI/c1-7-24-13-9-8-12(10-14(13)23-5)19-15(17-4)18-11-16(2,3)20-25(6,21)22;/h8-10,20H,7,11H2,1-6H3,(H2,17,18,19);1H. The van der Waals surface area contributed by atoms with Gasteiger partial charge in [-0.2, -0.15) is 0 Å². The lowest BCUT2D eigenvalue weighted by atomic mass is 10.1. The summed E-state index contributed by atoms with van der Waals surface area (Å²) < 4.78 is 36.2. The van der Waals surface area contributed by atoms with Crippen LogP contribution in [0.15, 0.2) is 23.2 Å². The number of benzene rings is 1. The number of nitrogens with zero attached hydrogens (tertiary/aromatic N) is 1. The van der Waals surface area contributed by atoms with Crippen molar-refractivity contribution in [2.45, 2.75) is 26.3 Å². The van der Waals surface area contributed by atoms with Crippen molar-refractivity contribution in [1.29, 1.82) is 0 Å². The first kappa shape index (κ1) is 24.7. The van der Waals surface area contributed by atoms with Crippen LogP contribution in [0, 0.1) is 0 Å². The van der Waals surface area contributed by atoms with E-state index in [2.05, 4.69) is 20.3 Å². The molecule has 3 N–H and O–H groups in total. The molecule has 26 heavy (non-hydrogen) atoms. The number of guanidine groups is 1. The van der Waals surface area contributed by atoms with Crippen molar-refractivity contribution >= 4 is 45.6 Å². The summed E-state index contributed by atoms with van der Waals surface area (Å²) in [6.07, 6.45) is 1.13. The lowest BCUT2D eigenvalue weighted by Gasteiger charge is -2.26. The number of ether oxygens (including phenoxy) is 2. The summed E-state index contributed by atoms with van der Waals surface area (Å²) in [6.45, 7) is 6.38. The molecule has 0 atom stereocenters. The molecule has 0 aliphatic rings. The summed E-state index contributed by atoms with van der Waals surface area (Å²) in [7, 11) is -0.0808. The van der Waals surface area contributed by atoms with Crippen molar-refractivity contribution < 1.29 is 17.9 Å². The molecule has 0 amide bonds. The minimum absolute atomic E-state index is 0. The van der Waals surface area contributed by atoms with E-state index in [1.165, 1.54) is 0 Å². The first-order valence-corrected chi connectivity index (χ1v) is 9.77. The van der Waals surface area contributed by atoms with Gasteiger partial charge in [0.1, 0.15) is 0 Å². The first-order valence-electron chi connectivity index (χ1n) is 7.87. The van der Waals surface area contributed by atoms with Crippen LogP contribution in [0.2, 0.25) is 0 Å². The Balaban J connectivity index is 0.00000625. The summed E-state index contributed by atoms with van der Waals surface area (Å²) in [5, 5.41) is 6.23. The lowest BCUT2D eigenvalue weighted by Crippen LogP contribution is -2.51. The van der Waals surface area contributed by atoms with E-state index in [0.29, 0.717) is 30.6 Å². The average Bonchev–Trinajstić information content (AvgIpc) is 2.50. The zero-order chi connectivity index (χ0) is 19.1. The van der Waals surface area contributed by atoms with Crippen molar-refractivity contribution in [3.8, 4) is 11.5 Å². The molecular formula is C16H29IN4O4S. The third kappa shape index (κ3) is 8.90. The van der Waals surface area contributed by atoms with Crippen LogP contribution in [0.25, 0.3) is 0 Å². The molecule has 0 saturated heterocycles. The van der Waals surface area contributed by atoms with Gasteiger partial charge in [-0.25, -0.2) is 13.1 Å². The van der Waals surface area contributed by atoms with Gasteiger partial charge >= 0.3 is 0 Å². The molecule has 0 aliphatic heterocycles. The lowest BCUT2D eigenvalue weighted by molar-refractivity contribution is 0.311. The topological polar surface area (TPSA) is 101 Å². The predicted molar refractivity (Wildman–Crippen MR) is 117 cm³/mol. The predicted octanol–water partition coefficient (Wildman–Crippen LogP) is 2.03. The van der Waals surface area contributed by atoms with E-state index in [4.69, 9.17) is 9.47 Å². The third-order valence-corrected chi connectivity index (χ3v) is 4.03. The number of nitrogens with one attached hydrogen (secondary N) is 3. The molecule has 10 heteroatoms. The van der Waals surface area contributed by atoms with Gasteiger partial charge in [0.25, 0.3) is 0 Å². The molecule has 0 radical (unpaired) electrons. The Morgan fingerprint density at radius 1 is 1.27 bits per heavy atom. The highest BCUT2D eigenvalue weighted by atomic mass is 127. The molecule has 0 saturated carbocycles. The molecule has 1 aromatic rings. The number of hydrogen-bond acceptors (Lipinski definition) is 5. The van der Waals surface area contributed by atoms with Crippen LogP contribution in [-0.2, 0) is 10.0 Å². The van der Waals surface area contributed by atoms with Crippen molar-refractivity contribution in [1.82, 2.24) is 10.0 Å². The monoisotopic (exact) mass is 500 g/mol.